The Morgan fingerprint density at radius 3 is 2.80 bits per heavy atom. The van der Waals surface area contributed by atoms with Crippen LogP contribution in [0, 0.1) is 0 Å². The molecule has 0 saturated heterocycles. The highest BCUT2D eigenvalue weighted by Crippen LogP contribution is 2.01. The fourth-order valence-electron chi connectivity index (χ4n) is 0.514. The molecule has 10 heavy (non-hydrogen) atoms. The molecule has 1 aromatic rings. The van der Waals surface area contributed by atoms with Gasteiger partial charge in [0.2, 0.25) is 5.82 Å². The van der Waals surface area contributed by atoms with Crippen LogP contribution in [0.4, 0.5) is 0 Å². The predicted octanol–water partition coefficient (Wildman–Crippen LogP) is -1.76. The Bertz CT molecular complexity index is 211. The van der Waals surface area contributed by atoms with Crippen LogP contribution in [0.1, 0.15) is 11.9 Å². The van der Waals surface area contributed by atoms with Crippen LogP contribution >= 0.6 is 0 Å². The molecule has 1 rings (SSSR count). The second-order valence-electron chi connectivity index (χ2n) is 1.84. The maximum atomic E-state index is 8.91. The van der Waals surface area contributed by atoms with Crippen LogP contribution in [0.15, 0.2) is 0 Å². The molecule has 0 aliphatic heterocycles. The topological polar surface area (TPSA) is 84.1 Å². The maximum absolute atomic E-state index is 8.91. The van der Waals surface area contributed by atoms with Crippen molar-refractivity contribution in [2.75, 3.05) is 6.61 Å². The number of aromatic nitrogens is 4. The van der Waals surface area contributed by atoms with Gasteiger partial charge in [-0.2, -0.15) is 4.80 Å². The van der Waals surface area contributed by atoms with E-state index in [4.69, 9.17) is 10.2 Å². The van der Waals surface area contributed by atoms with E-state index in [1.165, 1.54) is 4.80 Å². The highest BCUT2D eigenvalue weighted by molar-refractivity contribution is 4.82. The molecule has 0 aliphatic carbocycles. The molecule has 0 bridgehead atoms. The summed E-state index contributed by atoms with van der Waals surface area (Å²) < 4.78 is 0. The third kappa shape index (κ3) is 1.28. The molecule has 0 aliphatic rings. The third-order valence-corrected chi connectivity index (χ3v) is 0.995. The first-order valence-electron chi connectivity index (χ1n) is 2.77. The average molecular weight is 144 g/mol. The van der Waals surface area contributed by atoms with Crippen molar-refractivity contribution >= 4 is 0 Å². The van der Waals surface area contributed by atoms with Crippen LogP contribution in [0.3, 0.4) is 0 Å². The van der Waals surface area contributed by atoms with Gasteiger partial charge in [-0.15, -0.1) is 10.2 Å². The summed E-state index contributed by atoms with van der Waals surface area (Å²) in [4.78, 5) is 1.22. The van der Waals surface area contributed by atoms with E-state index in [9.17, 15) is 0 Å². The Kier molecular flexibility index (Phi) is 1.93. The quantitative estimate of drug-likeness (QED) is 0.513. The first-order chi connectivity index (χ1) is 4.74. The van der Waals surface area contributed by atoms with E-state index in [2.05, 4.69) is 15.4 Å². The molecule has 0 amide bonds. The van der Waals surface area contributed by atoms with Gasteiger partial charge in [-0.25, -0.2) is 0 Å². The van der Waals surface area contributed by atoms with E-state index in [0.717, 1.165) is 0 Å². The lowest BCUT2D eigenvalue weighted by Gasteiger charge is -1.97. The van der Waals surface area contributed by atoms with Crippen LogP contribution in [0.5, 0.6) is 0 Å². The highest BCUT2D eigenvalue weighted by atomic mass is 16.3. The molecular weight excluding hydrogens is 136 g/mol. The van der Waals surface area contributed by atoms with Crippen molar-refractivity contribution in [3.05, 3.63) is 5.82 Å². The summed E-state index contributed by atoms with van der Waals surface area (Å²) in [6, 6.07) is 0. The van der Waals surface area contributed by atoms with Crippen LogP contribution in [0.25, 0.3) is 0 Å². The first kappa shape index (κ1) is 7.10. The third-order valence-electron chi connectivity index (χ3n) is 0.995. The molecule has 1 unspecified atom stereocenters. The molecule has 1 aromatic heterocycles. The smallest absolute Gasteiger partial charge is 0.205 e. The lowest BCUT2D eigenvalue weighted by molar-refractivity contribution is 0.0884. The van der Waals surface area contributed by atoms with Crippen molar-refractivity contribution in [1.82, 2.24) is 20.2 Å². The van der Waals surface area contributed by atoms with Crippen molar-refractivity contribution in [1.29, 1.82) is 0 Å². The second kappa shape index (κ2) is 2.72. The van der Waals surface area contributed by atoms with Gasteiger partial charge < -0.3 is 10.2 Å². The normalized spacial score (nSPS) is 13.5. The van der Waals surface area contributed by atoms with Gasteiger partial charge in [-0.3, -0.25) is 0 Å². The zero-order valence-electron chi connectivity index (χ0n) is 5.47. The summed E-state index contributed by atoms with van der Waals surface area (Å²) in [5.74, 6) is 0.144. The van der Waals surface area contributed by atoms with Gasteiger partial charge in [0.25, 0.3) is 0 Å². The number of aliphatic hydroxyl groups excluding tert-OH is 2. The zero-order chi connectivity index (χ0) is 7.56. The van der Waals surface area contributed by atoms with Crippen LogP contribution in [0.2, 0.25) is 0 Å². The molecule has 56 valence electrons. The zero-order valence-corrected chi connectivity index (χ0v) is 5.47. The van der Waals surface area contributed by atoms with Gasteiger partial charge in [0, 0.05) is 0 Å². The molecule has 6 nitrogen and oxygen atoms in total. The van der Waals surface area contributed by atoms with Gasteiger partial charge in [0.05, 0.1) is 13.7 Å². The lowest BCUT2D eigenvalue weighted by atomic mass is 10.4. The predicted molar refractivity (Wildman–Crippen MR) is 30.8 cm³/mol. The van der Waals surface area contributed by atoms with E-state index in [0.29, 0.717) is 0 Å². The Hall–Kier alpha value is -1.01. The lowest BCUT2D eigenvalue weighted by Crippen LogP contribution is -2.05. The fourth-order valence-corrected chi connectivity index (χ4v) is 0.514. The summed E-state index contributed by atoms with van der Waals surface area (Å²) in [6.45, 7) is -0.383. The van der Waals surface area contributed by atoms with Gasteiger partial charge in [-0.1, -0.05) is 0 Å². The summed E-state index contributed by atoms with van der Waals surface area (Å²) >= 11 is 0. The molecule has 0 radical (unpaired) electrons. The second-order valence-corrected chi connectivity index (χ2v) is 1.84. The summed E-state index contributed by atoms with van der Waals surface area (Å²) in [5, 5.41) is 28.0. The number of nitrogens with zero attached hydrogens (tertiary/aromatic N) is 4. The number of aryl methyl sites for hydroxylation is 1. The summed E-state index contributed by atoms with van der Waals surface area (Å²) in [6.07, 6.45) is -1.02. The van der Waals surface area contributed by atoms with Gasteiger partial charge >= 0.3 is 0 Å². The minimum atomic E-state index is -1.02. The van der Waals surface area contributed by atoms with Gasteiger partial charge in [0.1, 0.15) is 6.10 Å². The van der Waals surface area contributed by atoms with E-state index in [1.54, 1.807) is 7.05 Å². The molecule has 0 fully saturated rings. The van der Waals surface area contributed by atoms with Crippen LogP contribution in [-0.4, -0.2) is 37.0 Å². The first-order valence-corrected chi connectivity index (χ1v) is 2.77. The van der Waals surface area contributed by atoms with Crippen LogP contribution < -0.4 is 0 Å². The van der Waals surface area contributed by atoms with Crippen molar-refractivity contribution < 1.29 is 10.2 Å². The molecule has 0 spiro atoms. The Morgan fingerprint density at radius 1 is 1.70 bits per heavy atom. The SMILES string of the molecule is Cn1nnc(C(O)CO)n1. The molecule has 0 aromatic carbocycles. The number of hydrogen-bond donors (Lipinski definition) is 2. The Morgan fingerprint density at radius 2 is 2.40 bits per heavy atom. The van der Waals surface area contributed by atoms with Crippen molar-refractivity contribution in [3.63, 3.8) is 0 Å². The van der Waals surface area contributed by atoms with E-state index < -0.39 is 6.10 Å². The molecule has 1 atom stereocenters. The standard InChI is InChI=1S/C4H8N4O2/c1-8-6-4(5-7-8)3(10)2-9/h3,9-10H,2H2,1H3. The largest absolute Gasteiger partial charge is 0.393 e. The maximum Gasteiger partial charge on any atom is 0.205 e. The minimum absolute atomic E-state index is 0.144. The van der Waals surface area contributed by atoms with Crippen molar-refractivity contribution in [3.8, 4) is 0 Å². The molecule has 2 N–H and O–H groups in total. The molecule has 1 heterocycles. The van der Waals surface area contributed by atoms with Gasteiger partial charge in [-0.05, 0) is 5.21 Å². The van der Waals surface area contributed by atoms with Crippen LogP contribution in [-0.2, 0) is 7.05 Å². The van der Waals surface area contributed by atoms with Crippen molar-refractivity contribution in [2.24, 2.45) is 7.05 Å². The van der Waals surface area contributed by atoms with Crippen molar-refractivity contribution in [2.45, 2.75) is 6.10 Å². The van der Waals surface area contributed by atoms with E-state index >= 15 is 0 Å². The number of rotatable bonds is 2. The number of tetrazole rings is 1. The molecular formula is C4H8N4O2. The summed E-state index contributed by atoms with van der Waals surface area (Å²) in [5.41, 5.74) is 0. The van der Waals surface area contributed by atoms with Gasteiger partial charge in [0.15, 0.2) is 0 Å². The van der Waals surface area contributed by atoms with E-state index in [1.807, 2.05) is 0 Å². The average Bonchev–Trinajstić information content (AvgIpc) is 2.34. The van der Waals surface area contributed by atoms with E-state index in [-0.39, 0.29) is 12.4 Å². The minimum Gasteiger partial charge on any atom is -0.393 e. The molecule has 6 heteroatoms. The Labute approximate surface area is 57.1 Å². The Balaban J connectivity index is 2.74. The number of aliphatic hydroxyl groups is 2. The fraction of sp³-hybridized carbons (Fsp3) is 0.750. The highest BCUT2D eigenvalue weighted by Gasteiger charge is 2.10. The summed E-state index contributed by atoms with van der Waals surface area (Å²) in [7, 11) is 1.58. The molecule has 0 saturated carbocycles. The number of hydrogen-bond acceptors (Lipinski definition) is 5. The monoisotopic (exact) mass is 144 g/mol.